The van der Waals surface area contributed by atoms with E-state index >= 15 is 0 Å². The molecule has 1 aromatic heterocycles. The van der Waals surface area contributed by atoms with E-state index in [1.165, 1.54) is 17.4 Å². The molecule has 0 aliphatic heterocycles. The Morgan fingerprint density at radius 1 is 1.38 bits per heavy atom. The molecule has 1 unspecified atom stereocenters. The van der Waals surface area contributed by atoms with Crippen LogP contribution in [0.3, 0.4) is 0 Å². The largest absolute Gasteiger partial charge is 0.383 e. The Balaban J connectivity index is 2.39. The molecule has 84 valence electrons. The Labute approximate surface area is 102 Å². The van der Waals surface area contributed by atoms with Crippen LogP contribution in [0, 0.1) is 12.7 Å². The third kappa shape index (κ3) is 2.12. The highest BCUT2D eigenvalue weighted by atomic mass is 35.5. The van der Waals surface area contributed by atoms with E-state index in [1.807, 2.05) is 6.92 Å². The van der Waals surface area contributed by atoms with Crippen LogP contribution in [0.25, 0.3) is 0 Å². The molecule has 0 bridgehead atoms. The summed E-state index contributed by atoms with van der Waals surface area (Å²) >= 11 is 7.19. The number of thiophene rings is 1. The second kappa shape index (κ2) is 4.53. The molecular weight excluding hydrogens is 247 g/mol. The molecule has 1 nitrogen and oxygen atoms in total. The molecule has 16 heavy (non-hydrogen) atoms. The third-order valence-corrected chi connectivity index (χ3v) is 3.95. The van der Waals surface area contributed by atoms with Crippen molar-refractivity contribution in [1.82, 2.24) is 0 Å². The molecule has 0 saturated heterocycles. The first-order valence-electron chi connectivity index (χ1n) is 4.78. The van der Waals surface area contributed by atoms with Gasteiger partial charge in [-0.15, -0.1) is 11.3 Å². The maximum Gasteiger partial charge on any atom is 0.129 e. The van der Waals surface area contributed by atoms with Crippen molar-refractivity contribution < 1.29 is 9.50 Å². The molecule has 0 radical (unpaired) electrons. The van der Waals surface area contributed by atoms with Gasteiger partial charge in [0.1, 0.15) is 11.9 Å². The number of rotatable bonds is 2. The summed E-state index contributed by atoms with van der Waals surface area (Å²) in [4.78, 5) is 0.660. The first kappa shape index (κ1) is 11.6. The van der Waals surface area contributed by atoms with E-state index in [0.29, 0.717) is 9.21 Å². The first-order valence-corrected chi connectivity index (χ1v) is 5.97. The Bertz CT molecular complexity index is 490. The number of benzene rings is 1. The molecule has 0 saturated carbocycles. The summed E-state index contributed by atoms with van der Waals surface area (Å²) in [6.07, 6.45) is -0.947. The van der Waals surface area contributed by atoms with Gasteiger partial charge >= 0.3 is 0 Å². The first-order chi connectivity index (χ1) is 7.59. The standard InChI is InChI=1S/C12H10ClFOS/c1-7-6-10(16-12(7)13)11(15)8-4-2-3-5-9(8)14/h2-6,11,15H,1H3. The zero-order valence-corrected chi connectivity index (χ0v) is 10.1. The fraction of sp³-hybridized carbons (Fsp3) is 0.167. The summed E-state index contributed by atoms with van der Waals surface area (Å²) in [5.41, 5.74) is 1.18. The zero-order valence-electron chi connectivity index (χ0n) is 8.58. The lowest BCUT2D eigenvalue weighted by Gasteiger charge is -2.09. The van der Waals surface area contributed by atoms with E-state index < -0.39 is 11.9 Å². The van der Waals surface area contributed by atoms with Gasteiger partial charge in [-0.05, 0) is 24.6 Å². The highest BCUT2D eigenvalue weighted by Gasteiger charge is 2.17. The van der Waals surface area contributed by atoms with E-state index in [0.717, 1.165) is 5.56 Å². The van der Waals surface area contributed by atoms with Gasteiger partial charge < -0.3 is 5.11 Å². The lowest BCUT2D eigenvalue weighted by atomic mass is 10.1. The summed E-state index contributed by atoms with van der Waals surface area (Å²) < 4.78 is 14.1. The number of halogens is 2. The summed E-state index contributed by atoms with van der Waals surface area (Å²) in [5, 5.41) is 10.0. The van der Waals surface area contributed by atoms with Crippen LogP contribution in [0.15, 0.2) is 30.3 Å². The normalized spacial score (nSPS) is 12.8. The van der Waals surface area contributed by atoms with Crippen molar-refractivity contribution >= 4 is 22.9 Å². The van der Waals surface area contributed by atoms with Crippen LogP contribution in [-0.2, 0) is 0 Å². The zero-order chi connectivity index (χ0) is 11.7. The average molecular weight is 257 g/mol. The van der Waals surface area contributed by atoms with Gasteiger partial charge in [0, 0.05) is 10.4 Å². The Kier molecular flexibility index (Phi) is 3.28. The highest BCUT2D eigenvalue weighted by molar-refractivity contribution is 7.16. The van der Waals surface area contributed by atoms with Crippen LogP contribution in [0.2, 0.25) is 4.34 Å². The molecule has 0 aliphatic carbocycles. The van der Waals surface area contributed by atoms with E-state index in [9.17, 15) is 9.50 Å². The molecular formula is C12H10ClFOS. The van der Waals surface area contributed by atoms with Crippen LogP contribution in [-0.4, -0.2) is 5.11 Å². The van der Waals surface area contributed by atoms with E-state index in [4.69, 9.17) is 11.6 Å². The van der Waals surface area contributed by atoms with Gasteiger partial charge in [0.2, 0.25) is 0 Å². The topological polar surface area (TPSA) is 20.2 Å². The van der Waals surface area contributed by atoms with Gasteiger partial charge in [-0.1, -0.05) is 29.8 Å². The minimum Gasteiger partial charge on any atom is -0.383 e. The van der Waals surface area contributed by atoms with Crippen LogP contribution in [0.5, 0.6) is 0 Å². The van der Waals surface area contributed by atoms with Crippen molar-refractivity contribution in [1.29, 1.82) is 0 Å². The van der Waals surface area contributed by atoms with Crippen LogP contribution >= 0.6 is 22.9 Å². The van der Waals surface area contributed by atoms with E-state index in [-0.39, 0.29) is 5.56 Å². The number of aliphatic hydroxyl groups is 1. The molecule has 0 aliphatic rings. The maximum absolute atomic E-state index is 13.4. The fourth-order valence-electron chi connectivity index (χ4n) is 1.47. The summed E-state index contributed by atoms with van der Waals surface area (Å²) in [7, 11) is 0. The van der Waals surface area contributed by atoms with Crippen molar-refractivity contribution in [2.45, 2.75) is 13.0 Å². The van der Waals surface area contributed by atoms with E-state index in [1.54, 1.807) is 24.3 Å². The molecule has 0 fully saturated rings. The van der Waals surface area contributed by atoms with E-state index in [2.05, 4.69) is 0 Å². The number of hydrogen-bond acceptors (Lipinski definition) is 2. The molecule has 4 heteroatoms. The van der Waals surface area contributed by atoms with Crippen molar-refractivity contribution in [3.8, 4) is 0 Å². The van der Waals surface area contributed by atoms with Crippen molar-refractivity contribution in [3.05, 3.63) is 56.5 Å². The second-order valence-corrected chi connectivity index (χ2v) is 5.22. The Morgan fingerprint density at radius 3 is 2.62 bits per heavy atom. The average Bonchev–Trinajstić information content (AvgIpc) is 2.59. The third-order valence-electron chi connectivity index (χ3n) is 2.35. The lowest BCUT2D eigenvalue weighted by molar-refractivity contribution is 0.218. The SMILES string of the molecule is Cc1cc(C(O)c2ccccc2F)sc1Cl. The predicted octanol–water partition coefficient (Wildman–Crippen LogP) is 3.93. The number of aryl methyl sites for hydroxylation is 1. The summed E-state index contributed by atoms with van der Waals surface area (Å²) in [6.45, 7) is 1.86. The molecule has 0 spiro atoms. The van der Waals surface area contributed by atoms with Crippen molar-refractivity contribution in [3.63, 3.8) is 0 Å². The van der Waals surface area contributed by atoms with Crippen LogP contribution in [0.4, 0.5) is 4.39 Å². The quantitative estimate of drug-likeness (QED) is 0.863. The van der Waals surface area contributed by atoms with Crippen LogP contribution in [0.1, 0.15) is 22.1 Å². The Hall–Kier alpha value is -0.900. The van der Waals surface area contributed by atoms with Crippen LogP contribution < -0.4 is 0 Å². The molecule has 1 aromatic carbocycles. The molecule has 2 rings (SSSR count). The molecule has 0 amide bonds. The Morgan fingerprint density at radius 2 is 2.06 bits per heavy atom. The number of hydrogen-bond donors (Lipinski definition) is 1. The maximum atomic E-state index is 13.4. The molecule has 1 N–H and O–H groups in total. The minimum absolute atomic E-state index is 0.278. The van der Waals surface area contributed by atoms with Gasteiger partial charge in [-0.3, -0.25) is 0 Å². The molecule has 1 atom stereocenters. The fourth-order valence-corrected chi connectivity index (χ4v) is 2.69. The summed E-state index contributed by atoms with van der Waals surface area (Å²) in [5.74, 6) is -0.405. The van der Waals surface area contributed by atoms with Crippen molar-refractivity contribution in [2.75, 3.05) is 0 Å². The molecule has 2 aromatic rings. The predicted molar refractivity (Wildman–Crippen MR) is 64.5 cm³/mol. The monoisotopic (exact) mass is 256 g/mol. The van der Waals surface area contributed by atoms with Gasteiger partial charge in [0.15, 0.2) is 0 Å². The summed E-state index contributed by atoms with van der Waals surface area (Å²) in [6, 6.07) is 7.98. The van der Waals surface area contributed by atoms with Gasteiger partial charge in [-0.2, -0.15) is 0 Å². The molecule has 1 heterocycles. The van der Waals surface area contributed by atoms with Crippen molar-refractivity contribution in [2.24, 2.45) is 0 Å². The second-order valence-electron chi connectivity index (χ2n) is 3.53. The number of aliphatic hydroxyl groups excluding tert-OH is 1. The van der Waals surface area contributed by atoms with Gasteiger partial charge in [0.25, 0.3) is 0 Å². The van der Waals surface area contributed by atoms with Gasteiger partial charge in [-0.25, -0.2) is 4.39 Å². The van der Waals surface area contributed by atoms with Gasteiger partial charge in [0.05, 0.1) is 4.34 Å². The smallest absolute Gasteiger partial charge is 0.129 e. The lowest BCUT2D eigenvalue weighted by Crippen LogP contribution is -1.99. The minimum atomic E-state index is -0.947. The highest BCUT2D eigenvalue weighted by Crippen LogP contribution is 2.34.